The minimum atomic E-state index is -0.729. The van der Waals surface area contributed by atoms with E-state index in [1.54, 1.807) is 17.7 Å². The van der Waals surface area contributed by atoms with Gasteiger partial charge < -0.3 is 9.64 Å². The Morgan fingerprint density at radius 1 is 1.11 bits per heavy atom. The van der Waals surface area contributed by atoms with Crippen molar-refractivity contribution in [2.45, 2.75) is 37.6 Å². The molecular formula is C25H26ClFN4O4. The van der Waals surface area contributed by atoms with Crippen LogP contribution < -0.4 is 20.6 Å². The van der Waals surface area contributed by atoms with Crippen molar-refractivity contribution in [3.8, 4) is 5.75 Å². The van der Waals surface area contributed by atoms with E-state index in [0.717, 1.165) is 24.0 Å². The number of carbonyl (C=O) groups is 2. The molecule has 2 saturated heterocycles. The number of piperidine rings is 2. The Morgan fingerprint density at radius 2 is 1.86 bits per heavy atom. The molecule has 1 N–H and O–H groups in total. The van der Waals surface area contributed by atoms with E-state index >= 15 is 0 Å². The van der Waals surface area contributed by atoms with Gasteiger partial charge in [-0.15, -0.1) is 0 Å². The van der Waals surface area contributed by atoms with Crippen molar-refractivity contribution in [3.63, 3.8) is 0 Å². The maximum Gasteiger partial charge on any atom is 0.329 e. The fourth-order valence-corrected chi connectivity index (χ4v) is 5.58. The van der Waals surface area contributed by atoms with Crippen molar-refractivity contribution in [3.05, 3.63) is 57.2 Å². The summed E-state index contributed by atoms with van der Waals surface area (Å²) in [5.41, 5.74) is 2.58. The van der Waals surface area contributed by atoms with Gasteiger partial charge in [0.1, 0.15) is 17.6 Å². The van der Waals surface area contributed by atoms with E-state index in [4.69, 9.17) is 16.3 Å². The Morgan fingerprint density at radius 3 is 2.54 bits per heavy atom. The highest BCUT2D eigenvalue weighted by Crippen LogP contribution is 2.38. The summed E-state index contributed by atoms with van der Waals surface area (Å²) in [6, 6.07) is 7.91. The van der Waals surface area contributed by atoms with E-state index in [1.807, 2.05) is 18.2 Å². The van der Waals surface area contributed by atoms with Crippen LogP contribution in [0.5, 0.6) is 5.75 Å². The highest BCUT2D eigenvalue weighted by molar-refractivity contribution is 6.32. The van der Waals surface area contributed by atoms with Gasteiger partial charge in [-0.3, -0.25) is 24.0 Å². The average molecular weight is 501 g/mol. The predicted molar refractivity (Wildman–Crippen MR) is 131 cm³/mol. The van der Waals surface area contributed by atoms with E-state index < -0.39 is 11.9 Å². The number of benzene rings is 2. The van der Waals surface area contributed by atoms with Crippen molar-refractivity contribution in [1.29, 1.82) is 0 Å². The molecule has 2 amide bonds. The Balaban J connectivity index is 1.45. The quantitative estimate of drug-likeness (QED) is 0.554. The molecule has 2 fully saturated rings. The SMILES string of the molecule is COc1cc(C2CCN(c3cccc4c3n(C)c(=O)n4C3CCC(=O)NC3=O)CC2)c(F)cc1Cl. The van der Waals surface area contributed by atoms with Gasteiger partial charge in [0, 0.05) is 26.6 Å². The number of para-hydroxylation sites is 1. The number of rotatable bonds is 4. The second-order valence-corrected chi connectivity index (χ2v) is 9.50. The van der Waals surface area contributed by atoms with Crippen LogP contribution in [-0.2, 0) is 16.6 Å². The normalized spacial score (nSPS) is 19.3. The fraction of sp³-hybridized carbons (Fsp3) is 0.400. The molecule has 2 aliphatic heterocycles. The molecule has 1 atom stereocenters. The highest BCUT2D eigenvalue weighted by atomic mass is 35.5. The zero-order valence-corrected chi connectivity index (χ0v) is 20.3. The zero-order valence-electron chi connectivity index (χ0n) is 19.5. The molecule has 1 unspecified atom stereocenters. The number of hydrogen-bond donors (Lipinski definition) is 1. The molecule has 1 aromatic heterocycles. The Hall–Kier alpha value is -3.33. The molecule has 3 aromatic rings. The third kappa shape index (κ3) is 3.97. The number of imidazole rings is 1. The first kappa shape index (κ1) is 23.4. The van der Waals surface area contributed by atoms with Crippen molar-refractivity contribution in [2.75, 3.05) is 25.1 Å². The maximum absolute atomic E-state index is 14.7. The lowest BCUT2D eigenvalue weighted by Crippen LogP contribution is -2.44. The summed E-state index contributed by atoms with van der Waals surface area (Å²) in [5, 5.41) is 2.59. The lowest BCUT2D eigenvalue weighted by molar-refractivity contribution is -0.135. The largest absolute Gasteiger partial charge is 0.495 e. The van der Waals surface area contributed by atoms with Crippen LogP contribution in [0, 0.1) is 5.82 Å². The molecular weight excluding hydrogens is 475 g/mol. The van der Waals surface area contributed by atoms with Crippen molar-refractivity contribution >= 4 is 40.1 Å². The van der Waals surface area contributed by atoms with E-state index in [9.17, 15) is 18.8 Å². The zero-order chi connectivity index (χ0) is 24.9. The van der Waals surface area contributed by atoms with Crippen LogP contribution in [0.15, 0.2) is 35.1 Å². The number of nitrogens with one attached hydrogen (secondary N) is 1. The summed E-state index contributed by atoms with van der Waals surface area (Å²) < 4.78 is 23.0. The summed E-state index contributed by atoms with van der Waals surface area (Å²) in [6.07, 6.45) is 1.92. The van der Waals surface area contributed by atoms with Gasteiger partial charge in [-0.05, 0) is 55.0 Å². The number of carbonyl (C=O) groups excluding carboxylic acids is 2. The number of nitrogens with zero attached hydrogens (tertiary/aromatic N) is 3. The Bertz CT molecular complexity index is 1390. The van der Waals surface area contributed by atoms with Gasteiger partial charge >= 0.3 is 5.69 Å². The number of imide groups is 1. The standard InChI is InChI=1S/C25H26ClFN4O4/c1-29-23-18(4-3-5-19(23)31(25(29)34)20-6-7-22(32)28-24(20)33)30-10-8-14(9-11-30)15-12-21(35-2)16(26)13-17(15)27/h3-5,12-14,20H,6-11H2,1-2H3,(H,28,32,33). The minimum absolute atomic E-state index is 0.0218. The molecule has 0 aliphatic carbocycles. The van der Waals surface area contributed by atoms with Crippen LogP contribution in [0.2, 0.25) is 5.02 Å². The third-order valence-electron chi connectivity index (χ3n) is 7.15. The van der Waals surface area contributed by atoms with Gasteiger partial charge in [-0.2, -0.15) is 0 Å². The van der Waals surface area contributed by atoms with E-state index in [-0.39, 0.29) is 41.2 Å². The first-order valence-electron chi connectivity index (χ1n) is 11.6. The topological polar surface area (TPSA) is 85.6 Å². The highest BCUT2D eigenvalue weighted by Gasteiger charge is 2.32. The first-order valence-corrected chi connectivity index (χ1v) is 12.0. The number of aryl methyl sites for hydroxylation is 1. The molecule has 0 spiro atoms. The molecule has 0 saturated carbocycles. The molecule has 5 rings (SSSR count). The molecule has 3 heterocycles. The van der Waals surface area contributed by atoms with E-state index in [2.05, 4.69) is 10.2 Å². The number of ether oxygens (including phenoxy) is 1. The lowest BCUT2D eigenvalue weighted by atomic mass is 9.88. The third-order valence-corrected chi connectivity index (χ3v) is 7.45. The summed E-state index contributed by atoms with van der Waals surface area (Å²) in [7, 11) is 3.20. The molecule has 2 aliphatic rings. The van der Waals surface area contributed by atoms with Gasteiger partial charge in [-0.1, -0.05) is 17.7 Å². The van der Waals surface area contributed by atoms with Gasteiger partial charge in [-0.25, -0.2) is 9.18 Å². The minimum Gasteiger partial charge on any atom is -0.495 e. The number of hydrogen-bond acceptors (Lipinski definition) is 5. The van der Waals surface area contributed by atoms with Crippen LogP contribution >= 0.6 is 11.6 Å². The Kier molecular flexibility index (Phi) is 6.04. The van der Waals surface area contributed by atoms with Crippen LogP contribution in [0.3, 0.4) is 0 Å². The molecule has 10 heteroatoms. The average Bonchev–Trinajstić information content (AvgIpc) is 3.10. The number of aromatic nitrogens is 2. The second-order valence-electron chi connectivity index (χ2n) is 9.09. The van der Waals surface area contributed by atoms with Gasteiger partial charge in [0.25, 0.3) is 0 Å². The molecule has 0 bridgehead atoms. The van der Waals surface area contributed by atoms with Crippen LogP contribution in [0.4, 0.5) is 10.1 Å². The molecule has 8 nitrogen and oxygen atoms in total. The van der Waals surface area contributed by atoms with Crippen molar-refractivity contribution in [2.24, 2.45) is 7.05 Å². The fourth-order valence-electron chi connectivity index (χ4n) is 5.35. The number of methoxy groups -OCH3 is 1. The molecule has 2 aromatic carbocycles. The first-order chi connectivity index (χ1) is 16.8. The molecule has 0 radical (unpaired) electrons. The van der Waals surface area contributed by atoms with Gasteiger partial charge in [0.2, 0.25) is 11.8 Å². The number of fused-ring (bicyclic) bond motifs is 1. The lowest BCUT2D eigenvalue weighted by Gasteiger charge is -2.34. The smallest absolute Gasteiger partial charge is 0.329 e. The predicted octanol–water partition coefficient (Wildman–Crippen LogP) is 3.50. The van der Waals surface area contributed by atoms with Gasteiger partial charge in [0.05, 0.1) is 28.9 Å². The summed E-state index contributed by atoms with van der Waals surface area (Å²) in [4.78, 5) is 39.5. The van der Waals surface area contributed by atoms with Crippen molar-refractivity contribution in [1.82, 2.24) is 14.5 Å². The Labute approximate surface area is 206 Å². The van der Waals surface area contributed by atoms with Gasteiger partial charge in [0.15, 0.2) is 0 Å². The monoisotopic (exact) mass is 500 g/mol. The van der Waals surface area contributed by atoms with Crippen LogP contribution in [-0.4, -0.2) is 41.1 Å². The second kappa shape index (κ2) is 9.03. The van der Waals surface area contributed by atoms with E-state index in [0.29, 0.717) is 29.9 Å². The van der Waals surface area contributed by atoms with Crippen LogP contribution in [0.1, 0.15) is 43.2 Å². The molecule has 35 heavy (non-hydrogen) atoms. The van der Waals surface area contributed by atoms with E-state index in [1.165, 1.54) is 17.7 Å². The summed E-state index contributed by atoms with van der Waals surface area (Å²) >= 11 is 6.06. The van der Waals surface area contributed by atoms with Crippen LogP contribution in [0.25, 0.3) is 11.0 Å². The number of amides is 2. The summed E-state index contributed by atoms with van der Waals surface area (Å²) in [6.45, 7) is 1.35. The van der Waals surface area contributed by atoms with Crippen molar-refractivity contribution < 1.29 is 18.7 Å². The maximum atomic E-state index is 14.7. The number of halogens is 2. The summed E-state index contributed by atoms with van der Waals surface area (Å²) in [5.74, 6) is -0.631. The number of anilines is 1. The molecule has 184 valence electrons.